The minimum absolute atomic E-state index is 0.00884. The van der Waals surface area contributed by atoms with Crippen LogP contribution in [0.25, 0.3) is 0 Å². The molecule has 6 heteroatoms. The fourth-order valence-electron chi connectivity index (χ4n) is 1.77. The molecule has 2 aromatic rings. The van der Waals surface area contributed by atoms with Gasteiger partial charge in [-0.25, -0.2) is 0 Å². The average Bonchev–Trinajstić information content (AvgIpc) is 2.49. The molecule has 0 aliphatic heterocycles. The molecule has 5 nitrogen and oxygen atoms in total. The Balaban J connectivity index is 2.13. The van der Waals surface area contributed by atoms with Gasteiger partial charge < -0.3 is 10.6 Å². The Morgan fingerprint density at radius 1 is 1.09 bits per heavy atom. The molecule has 0 spiro atoms. The second-order valence-electron chi connectivity index (χ2n) is 5.02. The Hall–Kier alpha value is -2.21. The number of nitrogens with zero attached hydrogens (tertiary/aromatic N) is 1. The summed E-state index contributed by atoms with van der Waals surface area (Å²) in [4.78, 5) is 28.1. The molecule has 0 saturated carbocycles. The quantitative estimate of drug-likeness (QED) is 0.877. The number of hydrogen-bond donors (Lipinski definition) is 2. The van der Waals surface area contributed by atoms with Crippen molar-refractivity contribution in [2.24, 2.45) is 0 Å². The minimum atomic E-state index is -0.298. The predicted molar refractivity (Wildman–Crippen MR) is 88.9 cm³/mol. The first-order chi connectivity index (χ1) is 10.5. The number of hydrogen-bond acceptors (Lipinski definition) is 3. The molecule has 114 valence electrons. The summed E-state index contributed by atoms with van der Waals surface area (Å²) in [5.74, 6) is -0.586. The van der Waals surface area contributed by atoms with E-state index in [0.29, 0.717) is 11.3 Å². The number of benzene rings is 1. The number of nitrogens with one attached hydrogen (secondary N) is 2. The summed E-state index contributed by atoms with van der Waals surface area (Å²) in [6.07, 6.45) is 1.45. The molecule has 0 radical (unpaired) electrons. The van der Waals surface area contributed by atoms with Gasteiger partial charge in [0, 0.05) is 28.0 Å². The third-order valence-corrected chi connectivity index (χ3v) is 3.31. The molecular formula is C16H16BrN3O2. The summed E-state index contributed by atoms with van der Waals surface area (Å²) in [5.41, 5.74) is 1.28. The Kier molecular flexibility index (Phi) is 5.27. The minimum Gasteiger partial charge on any atom is -0.349 e. The summed E-state index contributed by atoms with van der Waals surface area (Å²) in [7, 11) is 0. The number of amides is 2. The Morgan fingerprint density at radius 3 is 2.41 bits per heavy atom. The molecule has 1 heterocycles. The van der Waals surface area contributed by atoms with Crippen LogP contribution in [0.4, 0.5) is 5.69 Å². The lowest BCUT2D eigenvalue weighted by atomic mass is 10.2. The average molecular weight is 362 g/mol. The van der Waals surface area contributed by atoms with Gasteiger partial charge in [-0.1, -0.05) is 15.9 Å². The van der Waals surface area contributed by atoms with Gasteiger partial charge in [-0.2, -0.15) is 0 Å². The van der Waals surface area contributed by atoms with E-state index in [0.717, 1.165) is 4.47 Å². The van der Waals surface area contributed by atoms with Gasteiger partial charge in [0.05, 0.1) is 0 Å². The van der Waals surface area contributed by atoms with E-state index in [4.69, 9.17) is 0 Å². The van der Waals surface area contributed by atoms with Gasteiger partial charge in [0.1, 0.15) is 5.69 Å². The van der Waals surface area contributed by atoms with Gasteiger partial charge in [-0.15, -0.1) is 0 Å². The van der Waals surface area contributed by atoms with Crippen molar-refractivity contribution in [3.63, 3.8) is 0 Å². The highest BCUT2D eigenvalue weighted by Crippen LogP contribution is 2.15. The molecule has 1 aromatic carbocycles. The molecule has 0 saturated heterocycles. The van der Waals surface area contributed by atoms with Crippen LogP contribution >= 0.6 is 15.9 Å². The topological polar surface area (TPSA) is 71.1 Å². The van der Waals surface area contributed by atoms with Crippen molar-refractivity contribution in [1.29, 1.82) is 0 Å². The number of rotatable bonds is 4. The lowest BCUT2D eigenvalue weighted by Crippen LogP contribution is -2.31. The summed E-state index contributed by atoms with van der Waals surface area (Å²) in [6.45, 7) is 3.73. The Labute approximate surface area is 137 Å². The van der Waals surface area contributed by atoms with Gasteiger partial charge in [-0.05, 0) is 50.2 Å². The van der Waals surface area contributed by atoms with Gasteiger partial charge in [0.2, 0.25) is 0 Å². The van der Waals surface area contributed by atoms with Crippen LogP contribution in [0, 0.1) is 0 Å². The first-order valence-electron chi connectivity index (χ1n) is 6.79. The summed E-state index contributed by atoms with van der Waals surface area (Å²) in [6, 6.07) is 10.3. The maximum Gasteiger partial charge on any atom is 0.270 e. The Morgan fingerprint density at radius 2 is 1.77 bits per heavy atom. The fourth-order valence-corrected chi connectivity index (χ4v) is 2.03. The lowest BCUT2D eigenvalue weighted by Gasteiger charge is -2.09. The molecule has 0 atom stereocenters. The van der Waals surface area contributed by atoms with Crippen LogP contribution < -0.4 is 10.6 Å². The first-order valence-corrected chi connectivity index (χ1v) is 7.59. The molecule has 2 rings (SSSR count). The van der Waals surface area contributed by atoms with Gasteiger partial charge in [0.15, 0.2) is 0 Å². The van der Waals surface area contributed by atoms with E-state index < -0.39 is 0 Å². The third-order valence-electron chi connectivity index (χ3n) is 2.78. The molecule has 1 aromatic heterocycles. The summed E-state index contributed by atoms with van der Waals surface area (Å²) >= 11 is 3.34. The molecule has 2 N–H and O–H groups in total. The molecule has 0 bridgehead atoms. The zero-order chi connectivity index (χ0) is 16.1. The van der Waals surface area contributed by atoms with E-state index in [1.54, 1.807) is 18.2 Å². The summed E-state index contributed by atoms with van der Waals surface area (Å²) < 4.78 is 0.932. The molecular weight excluding hydrogens is 346 g/mol. The third kappa shape index (κ3) is 4.39. The van der Waals surface area contributed by atoms with E-state index in [9.17, 15) is 9.59 Å². The molecule has 0 aliphatic rings. The van der Waals surface area contributed by atoms with E-state index in [1.165, 1.54) is 12.3 Å². The standard InChI is InChI=1S/C16H16BrN3O2/c1-10(2)19-16(22)14-9-11(7-8-18-14)15(21)20-13-5-3-12(17)4-6-13/h3-10H,1-2H3,(H,19,22)(H,20,21). The molecule has 0 unspecified atom stereocenters. The van der Waals surface area contributed by atoms with Gasteiger partial charge in [0.25, 0.3) is 11.8 Å². The van der Waals surface area contributed by atoms with Crippen molar-refractivity contribution in [3.8, 4) is 0 Å². The van der Waals surface area contributed by atoms with Crippen molar-refractivity contribution in [3.05, 3.63) is 58.3 Å². The van der Waals surface area contributed by atoms with Crippen LogP contribution in [-0.4, -0.2) is 22.8 Å². The number of carbonyl (C=O) groups excluding carboxylic acids is 2. The largest absolute Gasteiger partial charge is 0.349 e. The zero-order valence-electron chi connectivity index (χ0n) is 12.3. The van der Waals surface area contributed by atoms with E-state index in [1.807, 2.05) is 26.0 Å². The smallest absolute Gasteiger partial charge is 0.270 e. The van der Waals surface area contributed by atoms with Crippen molar-refractivity contribution in [2.75, 3.05) is 5.32 Å². The normalized spacial score (nSPS) is 10.4. The zero-order valence-corrected chi connectivity index (χ0v) is 13.8. The fraction of sp³-hybridized carbons (Fsp3) is 0.188. The lowest BCUT2D eigenvalue weighted by molar-refractivity contribution is 0.0938. The molecule has 0 fully saturated rings. The number of anilines is 1. The maximum absolute atomic E-state index is 12.2. The van der Waals surface area contributed by atoms with E-state index >= 15 is 0 Å². The van der Waals surface area contributed by atoms with Crippen molar-refractivity contribution in [2.45, 2.75) is 19.9 Å². The molecule has 22 heavy (non-hydrogen) atoms. The van der Waals surface area contributed by atoms with Crippen LogP contribution in [-0.2, 0) is 0 Å². The van der Waals surface area contributed by atoms with Crippen molar-refractivity contribution in [1.82, 2.24) is 10.3 Å². The first kappa shape index (κ1) is 16.2. The van der Waals surface area contributed by atoms with Crippen LogP contribution in [0.5, 0.6) is 0 Å². The van der Waals surface area contributed by atoms with Crippen LogP contribution in [0.3, 0.4) is 0 Å². The van der Waals surface area contributed by atoms with Crippen molar-refractivity contribution < 1.29 is 9.59 Å². The van der Waals surface area contributed by atoms with E-state index in [-0.39, 0.29) is 23.6 Å². The van der Waals surface area contributed by atoms with Crippen LogP contribution in [0.1, 0.15) is 34.7 Å². The van der Waals surface area contributed by atoms with E-state index in [2.05, 4.69) is 31.5 Å². The second kappa shape index (κ2) is 7.17. The SMILES string of the molecule is CC(C)NC(=O)c1cc(C(=O)Nc2ccc(Br)cc2)ccn1. The van der Waals surface area contributed by atoms with Crippen LogP contribution in [0.15, 0.2) is 47.1 Å². The van der Waals surface area contributed by atoms with Gasteiger partial charge >= 0.3 is 0 Å². The number of carbonyl (C=O) groups is 2. The Bertz CT molecular complexity index is 684. The molecule has 2 amide bonds. The summed E-state index contributed by atoms with van der Waals surface area (Å²) in [5, 5.41) is 5.52. The second-order valence-corrected chi connectivity index (χ2v) is 5.93. The van der Waals surface area contributed by atoms with Crippen LogP contribution in [0.2, 0.25) is 0 Å². The maximum atomic E-state index is 12.2. The van der Waals surface area contributed by atoms with Crippen molar-refractivity contribution >= 4 is 33.4 Å². The number of aromatic nitrogens is 1. The predicted octanol–water partition coefficient (Wildman–Crippen LogP) is 3.23. The highest BCUT2D eigenvalue weighted by Gasteiger charge is 2.12. The highest BCUT2D eigenvalue weighted by atomic mass is 79.9. The highest BCUT2D eigenvalue weighted by molar-refractivity contribution is 9.10. The monoisotopic (exact) mass is 361 g/mol. The number of pyridine rings is 1. The van der Waals surface area contributed by atoms with Gasteiger partial charge in [-0.3, -0.25) is 14.6 Å². The molecule has 0 aliphatic carbocycles. The number of halogens is 1.